The van der Waals surface area contributed by atoms with E-state index in [0.29, 0.717) is 38.2 Å². The fraction of sp³-hybridized carbons (Fsp3) is 0.355. The lowest BCUT2D eigenvalue weighted by Crippen LogP contribution is -2.53. The summed E-state index contributed by atoms with van der Waals surface area (Å²) in [6, 6.07) is 26.9. The molecule has 9 nitrogen and oxygen atoms in total. The van der Waals surface area contributed by atoms with Gasteiger partial charge in [-0.1, -0.05) is 60.7 Å². The number of methoxy groups -OCH3 is 1. The van der Waals surface area contributed by atoms with Crippen LogP contribution >= 0.6 is 0 Å². The molecular weight excluding hydrogens is 540 g/mol. The van der Waals surface area contributed by atoms with Gasteiger partial charge >= 0.3 is 6.09 Å². The van der Waals surface area contributed by atoms with E-state index in [4.69, 9.17) is 0 Å². The number of benzene rings is 3. The largest absolute Gasteiger partial charge is 0.453 e. The summed E-state index contributed by atoms with van der Waals surface area (Å²) in [5.74, 6) is -0.345. The van der Waals surface area contributed by atoms with Crippen LogP contribution in [0.2, 0.25) is 0 Å². The summed E-state index contributed by atoms with van der Waals surface area (Å²) in [4.78, 5) is 29.5. The van der Waals surface area contributed by atoms with Gasteiger partial charge in [-0.05, 0) is 48.2 Å². The number of piperazine rings is 1. The van der Waals surface area contributed by atoms with Crippen molar-refractivity contribution < 1.29 is 22.7 Å². The van der Waals surface area contributed by atoms with Gasteiger partial charge in [0.25, 0.3) is 0 Å². The number of nitrogens with one attached hydrogen (secondary N) is 1. The van der Waals surface area contributed by atoms with Crippen molar-refractivity contribution in [1.82, 2.24) is 14.1 Å². The predicted octanol–water partition coefficient (Wildman–Crippen LogP) is 4.20. The summed E-state index contributed by atoms with van der Waals surface area (Å²) < 4.78 is 32.8. The summed E-state index contributed by atoms with van der Waals surface area (Å²) in [6.45, 7) is 3.22. The lowest BCUT2D eigenvalue weighted by Gasteiger charge is -2.41. The van der Waals surface area contributed by atoms with Crippen LogP contribution in [0.1, 0.15) is 30.0 Å². The highest BCUT2D eigenvalue weighted by Crippen LogP contribution is 2.31. The standard InChI is InChI=1S/C31H36N4O5S/c1-40-31(37)32-27-14-16-28(17-15-27)41(38,39)35-18-8-13-26(23-35)30(36)34-21-19-33(20-22-34)29(24-9-4-2-5-10-24)25-11-6-3-7-12-25/h2-7,9-12,14-17,26,29H,8,13,18-23H2,1H3,(H,32,37). The molecule has 2 saturated heterocycles. The number of amides is 2. The van der Waals surface area contributed by atoms with Crippen LogP contribution in [0, 0.1) is 5.92 Å². The van der Waals surface area contributed by atoms with Crippen LogP contribution in [0.15, 0.2) is 89.8 Å². The molecule has 216 valence electrons. The summed E-state index contributed by atoms with van der Waals surface area (Å²) in [6.07, 6.45) is 0.667. The normalized spacial score (nSPS) is 18.7. The van der Waals surface area contributed by atoms with Crippen LogP contribution in [0.5, 0.6) is 0 Å². The van der Waals surface area contributed by atoms with Gasteiger partial charge in [0.2, 0.25) is 15.9 Å². The van der Waals surface area contributed by atoms with E-state index in [2.05, 4.69) is 63.5 Å². The van der Waals surface area contributed by atoms with Gasteiger partial charge in [0.05, 0.1) is 24.0 Å². The molecule has 0 aromatic heterocycles. The Morgan fingerprint density at radius 2 is 1.41 bits per heavy atom. The molecule has 2 aliphatic heterocycles. The van der Waals surface area contributed by atoms with E-state index in [-0.39, 0.29) is 29.3 Å². The average molecular weight is 577 g/mol. The van der Waals surface area contributed by atoms with Gasteiger partial charge in [-0.3, -0.25) is 15.0 Å². The number of nitrogens with zero attached hydrogens (tertiary/aromatic N) is 3. The first-order valence-electron chi connectivity index (χ1n) is 13.9. The smallest absolute Gasteiger partial charge is 0.411 e. The van der Waals surface area contributed by atoms with Gasteiger partial charge in [-0.2, -0.15) is 4.31 Å². The van der Waals surface area contributed by atoms with E-state index in [9.17, 15) is 18.0 Å². The molecule has 1 N–H and O–H groups in total. The molecule has 3 aromatic carbocycles. The molecule has 1 atom stereocenters. The van der Waals surface area contributed by atoms with Crippen molar-refractivity contribution in [2.45, 2.75) is 23.8 Å². The Hall–Kier alpha value is -3.73. The van der Waals surface area contributed by atoms with Crippen molar-refractivity contribution in [3.8, 4) is 0 Å². The van der Waals surface area contributed by atoms with Crippen LogP contribution in [0.4, 0.5) is 10.5 Å². The van der Waals surface area contributed by atoms with E-state index >= 15 is 0 Å². The first-order chi connectivity index (χ1) is 19.9. The lowest BCUT2D eigenvalue weighted by molar-refractivity contribution is -0.138. The highest BCUT2D eigenvalue weighted by atomic mass is 32.2. The fourth-order valence-electron chi connectivity index (χ4n) is 5.73. The first-order valence-corrected chi connectivity index (χ1v) is 15.4. The topological polar surface area (TPSA) is 99.3 Å². The van der Waals surface area contributed by atoms with Crippen molar-refractivity contribution in [1.29, 1.82) is 0 Å². The molecule has 0 bridgehead atoms. The number of hydrogen-bond acceptors (Lipinski definition) is 6. The second kappa shape index (κ2) is 12.8. The number of piperidine rings is 1. The molecular formula is C31H36N4O5S. The highest BCUT2D eigenvalue weighted by molar-refractivity contribution is 7.89. The number of carbonyl (C=O) groups is 2. The molecule has 2 fully saturated rings. The summed E-state index contributed by atoms with van der Waals surface area (Å²) in [7, 11) is -2.52. The predicted molar refractivity (Wildman–Crippen MR) is 157 cm³/mol. The average Bonchev–Trinajstić information content (AvgIpc) is 3.02. The number of carbonyl (C=O) groups excluding carboxylic acids is 2. The minimum absolute atomic E-state index is 0.0261. The summed E-state index contributed by atoms with van der Waals surface area (Å²) in [5.41, 5.74) is 2.88. The van der Waals surface area contributed by atoms with E-state index in [1.807, 2.05) is 17.0 Å². The molecule has 10 heteroatoms. The number of rotatable bonds is 7. The number of sulfonamides is 1. The zero-order chi connectivity index (χ0) is 28.8. The molecule has 5 rings (SSSR count). The zero-order valence-corrected chi connectivity index (χ0v) is 24.0. The first kappa shape index (κ1) is 28.8. The molecule has 1 unspecified atom stereocenters. The molecule has 2 heterocycles. The van der Waals surface area contributed by atoms with Gasteiger partial charge < -0.3 is 9.64 Å². The molecule has 0 radical (unpaired) electrons. The lowest BCUT2D eigenvalue weighted by atomic mass is 9.95. The highest BCUT2D eigenvalue weighted by Gasteiger charge is 2.36. The minimum Gasteiger partial charge on any atom is -0.453 e. The maximum Gasteiger partial charge on any atom is 0.411 e. The minimum atomic E-state index is -3.78. The van der Waals surface area contributed by atoms with Crippen LogP contribution < -0.4 is 5.32 Å². The van der Waals surface area contributed by atoms with Crippen molar-refractivity contribution in [3.05, 3.63) is 96.1 Å². The second-order valence-corrected chi connectivity index (χ2v) is 12.4. The van der Waals surface area contributed by atoms with E-state index < -0.39 is 16.1 Å². The zero-order valence-electron chi connectivity index (χ0n) is 23.2. The third-order valence-electron chi connectivity index (χ3n) is 7.88. The Balaban J connectivity index is 1.22. The summed E-state index contributed by atoms with van der Waals surface area (Å²) >= 11 is 0. The van der Waals surface area contributed by atoms with Crippen molar-refractivity contribution in [3.63, 3.8) is 0 Å². The molecule has 2 aliphatic rings. The maximum atomic E-state index is 13.6. The maximum absolute atomic E-state index is 13.6. The Kier molecular flexibility index (Phi) is 9.02. The Morgan fingerprint density at radius 3 is 1.98 bits per heavy atom. The van der Waals surface area contributed by atoms with Gasteiger partial charge in [-0.25, -0.2) is 13.2 Å². The Morgan fingerprint density at radius 1 is 0.829 bits per heavy atom. The number of ether oxygens (including phenoxy) is 1. The van der Waals surface area contributed by atoms with Gasteiger partial charge in [0.1, 0.15) is 0 Å². The van der Waals surface area contributed by atoms with Gasteiger partial charge in [0, 0.05) is 45.0 Å². The van der Waals surface area contributed by atoms with E-state index in [0.717, 1.165) is 13.1 Å². The molecule has 0 spiro atoms. The summed E-state index contributed by atoms with van der Waals surface area (Å²) in [5, 5.41) is 2.51. The van der Waals surface area contributed by atoms with Crippen molar-refractivity contribution >= 4 is 27.7 Å². The van der Waals surface area contributed by atoms with E-state index in [1.54, 1.807) is 0 Å². The van der Waals surface area contributed by atoms with Crippen LogP contribution in [-0.2, 0) is 19.6 Å². The van der Waals surface area contributed by atoms with E-state index in [1.165, 1.54) is 46.8 Å². The number of anilines is 1. The molecule has 0 saturated carbocycles. The van der Waals surface area contributed by atoms with Crippen LogP contribution in [-0.4, -0.2) is 80.9 Å². The van der Waals surface area contributed by atoms with Gasteiger partial charge in [-0.15, -0.1) is 0 Å². The second-order valence-electron chi connectivity index (χ2n) is 10.4. The Labute approximate surface area is 241 Å². The molecule has 3 aromatic rings. The van der Waals surface area contributed by atoms with Crippen LogP contribution in [0.25, 0.3) is 0 Å². The van der Waals surface area contributed by atoms with Crippen molar-refractivity contribution in [2.75, 3.05) is 51.7 Å². The third-order valence-corrected chi connectivity index (χ3v) is 9.76. The quantitative estimate of drug-likeness (QED) is 0.453. The third kappa shape index (κ3) is 6.61. The molecule has 2 amide bonds. The molecule has 41 heavy (non-hydrogen) atoms. The molecule has 0 aliphatic carbocycles. The van der Waals surface area contributed by atoms with Crippen molar-refractivity contribution in [2.24, 2.45) is 5.92 Å². The SMILES string of the molecule is COC(=O)Nc1ccc(S(=O)(=O)N2CCCC(C(=O)N3CCN(C(c4ccccc4)c4ccccc4)CC3)C2)cc1. The van der Waals surface area contributed by atoms with Gasteiger partial charge in [0.15, 0.2) is 0 Å². The monoisotopic (exact) mass is 576 g/mol. The van der Waals surface area contributed by atoms with Crippen LogP contribution in [0.3, 0.4) is 0 Å². The fourth-order valence-corrected chi connectivity index (χ4v) is 7.26. The Bertz CT molecular complexity index is 1390. The number of hydrogen-bond donors (Lipinski definition) is 1.